The van der Waals surface area contributed by atoms with Crippen LogP contribution in [0.1, 0.15) is 49.5 Å². The summed E-state index contributed by atoms with van der Waals surface area (Å²) < 4.78 is 26.2. The Hall–Kier alpha value is -2.12. The summed E-state index contributed by atoms with van der Waals surface area (Å²) in [6.45, 7) is 5.24. The number of amides is 1. The van der Waals surface area contributed by atoms with Gasteiger partial charge >= 0.3 is 0 Å². The Balaban J connectivity index is 2.07. The molecule has 1 aromatic carbocycles. The van der Waals surface area contributed by atoms with Crippen molar-refractivity contribution in [2.45, 2.75) is 45.3 Å². The average Bonchev–Trinajstić information content (AvgIpc) is 2.62. The molecule has 0 atom stereocenters. The van der Waals surface area contributed by atoms with Crippen molar-refractivity contribution in [1.82, 2.24) is 4.98 Å². The third-order valence-electron chi connectivity index (χ3n) is 3.99. The van der Waals surface area contributed by atoms with E-state index in [0.29, 0.717) is 5.69 Å². The molecular weight excluding hydrogens is 386 g/mol. The third kappa shape index (κ3) is 5.94. The zero-order chi connectivity index (χ0) is 20.0. The van der Waals surface area contributed by atoms with E-state index in [4.69, 9.17) is 11.6 Å². The van der Waals surface area contributed by atoms with Crippen molar-refractivity contribution < 1.29 is 13.2 Å². The van der Waals surface area contributed by atoms with E-state index in [2.05, 4.69) is 21.9 Å². The monoisotopic (exact) mass is 409 g/mol. The number of halogens is 1. The van der Waals surface area contributed by atoms with E-state index in [9.17, 15) is 13.2 Å². The number of hydrogen-bond acceptors (Lipinski definition) is 4. The van der Waals surface area contributed by atoms with Gasteiger partial charge in [0.1, 0.15) is 0 Å². The number of nitrogens with one attached hydrogen (secondary N) is 2. The molecule has 2 aromatic rings. The number of nitrogens with zero attached hydrogens (tertiary/aromatic N) is 1. The zero-order valence-corrected chi connectivity index (χ0v) is 17.2. The molecule has 0 aliphatic heterocycles. The molecule has 0 fully saturated rings. The molecule has 0 saturated heterocycles. The molecule has 0 radical (unpaired) electrons. The van der Waals surface area contributed by atoms with Crippen molar-refractivity contribution in [2.24, 2.45) is 0 Å². The SMILES string of the molecule is CCCCc1ccc(NC(=O)c2cnc(NS(=O)(=O)C(C)C)c(Cl)c2)cc1. The van der Waals surface area contributed by atoms with Gasteiger partial charge in [-0.15, -0.1) is 0 Å². The van der Waals surface area contributed by atoms with E-state index >= 15 is 0 Å². The number of aromatic nitrogens is 1. The molecule has 1 aromatic heterocycles. The van der Waals surface area contributed by atoms with Crippen molar-refractivity contribution in [1.29, 1.82) is 0 Å². The smallest absolute Gasteiger partial charge is 0.257 e. The Morgan fingerprint density at radius 1 is 1.22 bits per heavy atom. The largest absolute Gasteiger partial charge is 0.322 e. The van der Waals surface area contributed by atoms with Crippen LogP contribution in [0.5, 0.6) is 0 Å². The standard InChI is InChI=1S/C19H24ClN3O3S/c1-4-5-6-14-7-9-16(10-8-14)22-19(24)15-11-17(20)18(21-12-15)23-27(25,26)13(2)3/h7-13H,4-6H2,1-3H3,(H,21,23)(H,22,24). The van der Waals surface area contributed by atoms with Crippen LogP contribution in [0.4, 0.5) is 11.5 Å². The Labute approximate surface area is 165 Å². The lowest BCUT2D eigenvalue weighted by atomic mass is 10.1. The van der Waals surface area contributed by atoms with Gasteiger partial charge in [-0.2, -0.15) is 0 Å². The highest BCUT2D eigenvalue weighted by atomic mass is 35.5. The Morgan fingerprint density at radius 3 is 2.44 bits per heavy atom. The molecule has 2 N–H and O–H groups in total. The Morgan fingerprint density at radius 2 is 1.89 bits per heavy atom. The number of aryl methyl sites for hydroxylation is 1. The summed E-state index contributed by atoms with van der Waals surface area (Å²) in [5.41, 5.74) is 2.13. The molecule has 2 rings (SSSR count). The van der Waals surface area contributed by atoms with Gasteiger partial charge in [-0.25, -0.2) is 13.4 Å². The van der Waals surface area contributed by atoms with Gasteiger partial charge in [0.25, 0.3) is 5.91 Å². The van der Waals surface area contributed by atoms with E-state index in [-0.39, 0.29) is 22.3 Å². The molecule has 0 spiro atoms. The van der Waals surface area contributed by atoms with Gasteiger partial charge < -0.3 is 5.32 Å². The van der Waals surface area contributed by atoms with Crippen LogP contribution in [0.3, 0.4) is 0 Å². The molecule has 146 valence electrons. The first kappa shape index (κ1) is 21.2. The summed E-state index contributed by atoms with van der Waals surface area (Å²) in [5, 5.41) is 2.21. The topological polar surface area (TPSA) is 88.2 Å². The van der Waals surface area contributed by atoms with Crippen LogP contribution in [0.2, 0.25) is 5.02 Å². The lowest BCUT2D eigenvalue weighted by Gasteiger charge is -2.12. The van der Waals surface area contributed by atoms with E-state index in [1.54, 1.807) is 13.8 Å². The van der Waals surface area contributed by atoms with E-state index in [1.165, 1.54) is 17.8 Å². The van der Waals surface area contributed by atoms with Gasteiger partial charge in [-0.3, -0.25) is 9.52 Å². The molecule has 0 saturated carbocycles. The number of pyridine rings is 1. The van der Waals surface area contributed by atoms with Gasteiger partial charge in [0.05, 0.1) is 15.8 Å². The minimum atomic E-state index is -3.56. The van der Waals surface area contributed by atoms with Crippen molar-refractivity contribution in [2.75, 3.05) is 10.0 Å². The zero-order valence-electron chi connectivity index (χ0n) is 15.6. The van der Waals surface area contributed by atoms with Gasteiger partial charge in [0, 0.05) is 11.9 Å². The molecule has 6 nitrogen and oxygen atoms in total. The summed E-state index contributed by atoms with van der Waals surface area (Å²) in [4.78, 5) is 16.4. The first-order chi connectivity index (χ1) is 12.7. The molecule has 0 aliphatic carbocycles. The number of carbonyl (C=O) groups is 1. The second-order valence-corrected chi connectivity index (χ2v) is 9.15. The maximum absolute atomic E-state index is 12.4. The van der Waals surface area contributed by atoms with E-state index in [0.717, 1.165) is 19.3 Å². The molecule has 8 heteroatoms. The van der Waals surface area contributed by atoms with Gasteiger partial charge in [0.15, 0.2) is 5.82 Å². The maximum Gasteiger partial charge on any atom is 0.257 e. The average molecular weight is 410 g/mol. The predicted molar refractivity (Wildman–Crippen MR) is 110 cm³/mol. The molecule has 0 bridgehead atoms. The summed E-state index contributed by atoms with van der Waals surface area (Å²) >= 11 is 6.09. The maximum atomic E-state index is 12.4. The second kappa shape index (κ2) is 9.19. The molecule has 1 amide bonds. The van der Waals surface area contributed by atoms with Crippen LogP contribution in [-0.2, 0) is 16.4 Å². The number of unbranched alkanes of at least 4 members (excludes halogenated alkanes) is 1. The minimum absolute atomic E-state index is 0.00203. The lowest BCUT2D eigenvalue weighted by Crippen LogP contribution is -2.23. The highest BCUT2D eigenvalue weighted by Crippen LogP contribution is 2.23. The second-order valence-electron chi connectivity index (χ2n) is 6.50. The van der Waals surface area contributed by atoms with Crippen molar-refractivity contribution in [3.8, 4) is 0 Å². The first-order valence-corrected chi connectivity index (χ1v) is 10.7. The highest BCUT2D eigenvalue weighted by molar-refractivity contribution is 7.93. The van der Waals surface area contributed by atoms with Crippen LogP contribution < -0.4 is 10.0 Å². The predicted octanol–water partition coefficient (Wildman–Crippen LogP) is 4.48. The van der Waals surface area contributed by atoms with Gasteiger partial charge in [-0.05, 0) is 50.5 Å². The van der Waals surface area contributed by atoms with Crippen LogP contribution >= 0.6 is 11.6 Å². The van der Waals surface area contributed by atoms with Crippen molar-refractivity contribution >= 4 is 39.0 Å². The number of benzene rings is 1. The van der Waals surface area contributed by atoms with Crippen LogP contribution in [-0.4, -0.2) is 24.6 Å². The first-order valence-electron chi connectivity index (χ1n) is 8.80. The number of carbonyl (C=O) groups excluding carboxylic acids is 1. The number of hydrogen-bond donors (Lipinski definition) is 2. The fourth-order valence-electron chi connectivity index (χ4n) is 2.23. The highest BCUT2D eigenvalue weighted by Gasteiger charge is 2.19. The van der Waals surface area contributed by atoms with Crippen molar-refractivity contribution in [3.05, 3.63) is 52.7 Å². The fraction of sp³-hybridized carbons (Fsp3) is 0.368. The molecule has 27 heavy (non-hydrogen) atoms. The summed E-state index contributed by atoms with van der Waals surface area (Å²) in [6, 6.07) is 9.06. The molecular formula is C19H24ClN3O3S. The van der Waals surface area contributed by atoms with Crippen LogP contribution in [0.15, 0.2) is 36.5 Å². The van der Waals surface area contributed by atoms with Gasteiger partial charge in [0.2, 0.25) is 10.0 Å². The number of rotatable bonds is 8. The third-order valence-corrected chi connectivity index (χ3v) is 6.00. The van der Waals surface area contributed by atoms with Crippen LogP contribution in [0.25, 0.3) is 0 Å². The number of sulfonamides is 1. The van der Waals surface area contributed by atoms with Crippen LogP contribution in [0, 0.1) is 0 Å². The van der Waals surface area contributed by atoms with Gasteiger partial charge in [-0.1, -0.05) is 37.1 Å². The molecule has 1 heterocycles. The minimum Gasteiger partial charge on any atom is -0.322 e. The van der Waals surface area contributed by atoms with E-state index in [1.807, 2.05) is 24.3 Å². The number of anilines is 2. The fourth-order valence-corrected chi connectivity index (χ4v) is 3.17. The molecule has 0 aliphatic rings. The lowest BCUT2D eigenvalue weighted by molar-refractivity contribution is 0.102. The van der Waals surface area contributed by atoms with E-state index < -0.39 is 15.3 Å². The summed E-state index contributed by atoms with van der Waals surface area (Å²) in [5.74, 6) is -0.369. The summed E-state index contributed by atoms with van der Waals surface area (Å²) in [7, 11) is -3.56. The molecule has 0 unspecified atom stereocenters. The van der Waals surface area contributed by atoms with Crippen molar-refractivity contribution in [3.63, 3.8) is 0 Å². The quantitative estimate of drug-likeness (QED) is 0.672. The Bertz CT molecular complexity index is 897. The Kier molecular flexibility index (Phi) is 7.21. The summed E-state index contributed by atoms with van der Waals surface area (Å²) in [6.07, 6.45) is 4.56. The normalized spacial score (nSPS) is 11.4.